The highest BCUT2D eigenvalue weighted by Crippen LogP contribution is 1.97. The number of hydrogen-bond acceptors (Lipinski definition) is 3. The number of amidine groups is 1. The molecule has 1 aliphatic heterocycles. The highest BCUT2D eigenvalue weighted by Gasteiger charge is 1.99. The molecule has 3 nitrogen and oxygen atoms in total. The molecular weight excluding hydrogens is 102 g/mol. The van der Waals surface area contributed by atoms with Crippen LogP contribution in [0.3, 0.4) is 0 Å². The minimum absolute atomic E-state index is 0.557. The van der Waals surface area contributed by atoms with Gasteiger partial charge in [0, 0.05) is 6.20 Å². The van der Waals surface area contributed by atoms with Gasteiger partial charge in [0.2, 0.25) is 0 Å². The molecule has 0 aromatic heterocycles. The molecule has 0 fully saturated rings. The second-order valence-electron chi connectivity index (χ2n) is 1.60. The smallest absolute Gasteiger partial charge is 0.172 e. The minimum Gasteiger partial charge on any atom is -0.384 e. The van der Waals surface area contributed by atoms with Crippen LogP contribution in [0.25, 0.3) is 0 Å². The molecule has 43 valence electrons. The Labute approximate surface area is 48.3 Å². The van der Waals surface area contributed by atoms with E-state index in [1.165, 1.54) is 0 Å². The first-order chi connectivity index (χ1) is 3.79. The molecule has 1 radical (unpaired) electrons. The summed E-state index contributed by atoms with van der Waals surface area (Å²) in [4.78, 5) is 3.90. The van der Waals surface area contributed by atoms with Crippen molar-refractivity contribution in [3.05, 3.63) is 18.4 Å². The van der Waals surface area contributed by atoms with Gasteiger partial charge in [-0.05, 0) is 13.0 Å². The van der Waals surface area contributed by atoms with Crippen molar-refractivity contribution in [2.45, 2.75) is 6.92 Å². The lowest BCUT2D eigenvalue weighted by molar-refractivity contribution is 0.836. The number of nitrogens with one attached hydrogen (secondary N) is 1. The van der Waals surface area contributed by atoms with E-state index < -0.39 is 0 Å². The molecule has 0 unspecified atom stereocenters. The van der Waals surface area contributed by atoms with Gasteiger partial charge in [0.15, 0.2) is 6.17 Å². The Morgan fingerprint density at radius 3 is 2.88 bits per heavy atom. The van der Waals surface area contributed by atoms with Gasteiger partial charge < -0.3 is 11.1 Å². The topological polar surface area (TPSA) is 50.4 Å². The highest BCUT2D eigenvalue weighted by molar-refractivity contribution is 5.92. The maximum atomic E-state index is 5.33. The summed E-state index contributed by atoms with van der Waals surface area (Å²) in [6, 6.07) is 0. The van der Waals surface area contributed by atoms with Gasteiger partial charge in [0.1, 0.15) is 5.84 Å². The highest BCUT2D eigenvalue weighted by atomic mass is 15.1. The Bertz CT molecular complexity index is 137. The van der Waals surface area contributed by atoms with Crippen molar-refractivity contribution in [2.75, 3.05) is 0 Å². The first-order valence-corrected chi connectivity index (χ1v) is 2.40. The predicted octanol–water partition coefficient (Wildman–Crippen LogP) is -0.0301. The van der Waals surface area contributed by atoms with E-state index in [1.807, 2.05) is 6.92 Å². The van der Waals surface area contributed by atoms with Crippen molar-refractivity contribution < 1.29 is 0 Å². The minimum atomic E-state index is 0.557. The van der Waals surface area contributed by atoms with E-state index in [2.05, 4.69) is 10.3 Å². The molecule has 0 aromatic carbocycles. The summed E-state index contributed by atoms with van der Waals surface area (Å²) in [5, 5.41) is 2.88. The van der Waals surface area contributed by atoms with E-state index >= 15 is 0 Å². The van der Waals surface area contributed by atoms with Gasteiger partial charge >= 0.3 is 0 Å². The molecule has 3 N–H and O–H groups in total. The first kappa shape index (κ1) is 5.15. The van der Waals surface area contributed by atoms with Crippen molar-refractivity contribution >= 4 is 5.84 Å². The number of nitrogens with two attached hydrogens (primary N) is 1. The molecule has 0 amide bonds. The maximum absolute atomic E-state index is 5.33. The van der Waals surface area contributed by atoms with Gasteiger partial charge in [-0.2, -0.15) is 0 Å². The van der Waals surface area contributed by atoms with Gasteiger partial charge in [-0.25, -0.2) is 4.99 Å². The third kappa shape index (κ3) is 0.992. The molecule has 3 heteroatoms. The molecular formula is C5H8N3. The number of aliphatic imine (C=N–C) groups is 1. The average molecular weight is 110 g/mol. The summed E-state index contributed by atoms with van der Waals surface area (Å²) in [5.74, 6) is 0.557. The summed E-state index contributed by atoms with van der Waals surface area (Å²) in [5.41, 5.74) is 5.33. The standard InChI is InChI=1S/C5H8N3/c1-4-7-3-2-5(6)8-4/h2-3,7H,1H3,(H2,6,8). The Morgan fingerprint density at radius 2 is 2.50 bits per heavy atom. The quantitative estimate of drug-likeness (QED) is 0.460. The monoisotopic (exact) mass is 110 g/mol. The van der Waals surface area contributed by atoms with Gasteiger partial charge in [-0.15, -0.1) is 0 Å². The number of hydrogen-bond donors (Lipinski definition) is 2. The van der Waals surface area contributed by atoms with Crippen LogP contribution in [0.1, 0.15) is 6.92 Å². The molecule has 1 aliphatic rings. The molecule has 0 atom stereocenters. The summed E-state index contributed by atoms with van der Waals surface area (Å²) >= 11 is 0. The van der Waals surface area contributed by atoms with Crippen LogP contribution in [0.15, 0.2) is 17.3 Å². The molecule has 0 aromatic rings. The van der Waals surface area contributed by atoms with E-state index in [0.717, 1.165) is 6.17 Å². The van der Waals surface area contributed by atoms with Crippen molar-refractivity contribution in [1.82, 2.24) is 5.32 Å². The van der Waals surface area contributed by atoms with Gasteiger partial charge in [0.25, 0.3) is 0 Å². The zero-order valence-electron chi connectivity index (χ0n) is 4.68. The Morgan fingerprint density at radius 1 is 1.75 bits per heavy atom. The van der Waals surface area contributed by atoms with E-state index in [-0.39, 0.29) is 0 Å². The van der Waals surface area contributed by atoms with Gasteiger partial charge in [-0.1, -0.05) is 0 Å². The largest absolute Gasteiger partial charge is 0.384 e. The predicted molar refractivity (Wildman–Crippen MR) is 32.8 cm³/mol. The summed E-state index contributed by atoms with van der Waals surface area (Å²) in [6.45, 7) is 1.86. The maximum Gasteiger partial charge on any atom is 0.172 e. The summed E-state index contributed by atoms with van der Waals surface area (Å²) in [6.07, 6.45) is 4.31. The van der Waals surface area contributed by atoms with Crippen LogP contribution < -0.4 is 11.1 Å². The second-order valence-corrected chi connectivity index (χ2v) is 1.60. The fourth-order valence-corrected chi connectivity index (χ4v) is 0.511. The van der Waals surface area contributed by atoms with Crippen molar-refractivity contribution in [2.24, 2.45) is 10.7 Å². The zero-order valence-corrected chi connectivity index (χ0v) is 4.68. The Kier molecular flexibility index (Phi) is 1.20. The second kappa shape index (κ2) is 1.86. The lowest BCUT2D eigenvalue weighted by Gasteiger charge is -2.08. The van der Waals surface area contributed by atoms with Crippen molar-refractivity contribution in [3.8, 4) is 0 Å². The number of nitrogens with zero attached hydrogens (tertiary/aromatic N) is 1. The zero-order chi connectivity index (χ0) is 5.98. The molecule has 0 spiro atoms. The fraction of sp³-hybridized carbons (Fsp3) is 0.200. The molecule has 0 bridgehead atoms. The van der Waals surface area contributed by atoms with Gasteiger partial charge in [0.05, 0.1) is 0 Å². The molecule has 0 aliphatic carbocycles. The van der Waals surface area contributed by atoms with E-state index in [0.29, 0.717) is 5.84 Å². The molecule has 8 heavy (non-hydrogen) atoms. The normalized spacial score (nSPS) is 19.9. The lowest BCUT2D eigenvalue weighted by Crippen LogP contribution is -2.20. The first-order valence-electron chi connectivity index (χ1n) is 2.40. The fourth-order valence-electron chi connectivity index (χ4n) is 0.511. The van der Waals surface area contributed by atoms with Crippen LogP contribution >= 0.6 is 0 Å². The van der Waals surface area contributed by atoms with Crippen molar-refractivity contribution in [3.63, 3.8) is 0 Å². The Balaban J connectivity index is 2.63. The van der Waals surface area contributed by atoms with Crippen LogP contribution in [0, 0.1) is 6.17 Å². The summed E-state index contributed by atoms with van der Waals surface area (Å²) < 4.78 is 0. The van der Waals surface area contributed by atoms with Crippen molar-refractivity contribution in [1.29, 1.82) is 0 Å². The van der Waals surface area contributed by atoms with Crippen LogP contribution in [0.5, 0.6) is 0 Å². The SMILES string of the molecule is C[C]1N=C(N)C=CN1. The Hall–Kier alpha value is -0.990. The van der Waals surface area contributed by atoms with E-state index in [1.54, 1.807) is 12.3 Å². The van der Waals surface area contributed by atoms with Gasteiger partial charge in [-0.3, -0.25) is 0 Å². The lowest BCUT2D eigenvalue weighted by atomic mass is 10.4. The third-order valence-electron chi connectivity index (χ3n) is 0.843. The molecule has 1 heterocycles. The van der Waals surface area contributed by atoms with Crippen LogP contribution in [0.4, 0.5) is 0 Å². The van der Waals surface area contributed by atoms with Crippen LogP contribution in [-0.2, 0) is 0 Å². The average Bonchev–Trinajstić information content (AvgIpc) is 1.64. The van der Waals surface area contributed by atoms with Crippen LogP contribution in [-0.4, -0.2) is 5.84 Å². The van der Waals surface area contributed by atoms with E-state index in [9.17, 15) is 0 Å². The molecule has 0 saturated heterocycles. The summed E-state index contributed by atoms with van der Waals surface area (Å²) in [7, 11) is 0. The number of rotatable bonds is 0. The van der Waals surface area contributed by atoms with E-state index in [4.69, 9.17) is 5.73 Å². The molecule has 0 saturated carbocycles. The molecule has 1 rings (SSSR count). The third-order valence-corrected chi connectivity index (χ3v) is 0.843. The van der Waals surface area contributed by atoms with Crippen LogP contribution in [0.2, 0.25) is 0 Å².